The van der Waals surface area contributed by atoms with Crippen LogP contribution in [0.4, 0.5) is 4.79 Å². The molecule has 0 aromatic heterocycles. The first kappa shape index (κ1) is 18.4. The van der Waals surface area contributed by atoms with E-state index in [1.54, 1.807) is 17.0 Å². The molecule has 0 spiro atoms. The molecule has 1 fully saturated rings. The maximum atomic E-state index is 12.4. The highest BCUT2D eigenvalue weighted by Crippen LogP contribution is 2.30. The largest absolute Gasteiger partial charge is 0.485 e. The van der Waals surface area contributed by atoms with Crippen LogP contribution in [0.5, 0.6) is 11.5 Å². The van der Waals surface area contributed by atoms with Gasteiger partial charge in [0.15, 0.2) is 11.5 Å². The number of hydrogen-bond acceptors (Lipinski definition) is 5. The summed E-state index contributed by atoms with van der Waals surface area (Å²) in [6.07, 6.45) is 0.710. The molecule has 26 heavy (non-hydrogen) atoms. The fraction of sp³-hybridized carbons (Fsp3) is 0.579. The number of nitrogens with zero attached hydrogens (tertiary/aromatic N) is 1. The van der Waals surface area contributed by atoms with E-state index in [0.717, 1.165) is 12.8 Å². The van der Waals surface area contributed by atoms with E-state index in [-0.39, 0.29) is 24.6 Å². The van der Waals surface area contributed by atoms with E-state index in [2.05, 4.69) is 5.32 Å². The van der Waals surface area contributed by atoms with Gasteiger partial charge >= 0.3 is 6.09 Å². The average molecular weight is 362 g/mol. The maximum Gasteiger partial charge on any atom is 0.410 e. The highest BCUT2D eigenvalue weighted by atomic mass is 16.6. The molecule has 142 valence electrons. The molecule has 7 heteroatoms. The Balaban J connectivity index is 1.52. The lowest BCUT2D eigenvalue weighted by Crippen LogP contribution is -2.49. The summed E-state index contributed by atoms with van der Waals surface area (Å²) >= 11 is 0. The molecule has 1 saturated heterocycles. The summed E-state index contributed by atoms with van der Waals surface area (Å²) in [6.45, 7) is 6.72. The number of fused-ring (bicyclic) bond motifs is 1. The number of benzene rings is 1. The van der Waals surface area contributed by atoms with E-state index in [4.69, 9.17) is 14.2 Å². The lowest BCUT2D eigenvalue weighted by atomic mass is 10.2. The minimum atomic E-state index is -0.693. The number of nitrogens with one attached hydrogen (secondary N) is 1. The molecule has 0 aliphatic carbocycles. The highest BCUT2D eigenvalue weighted by Gasteiger charge is 2.33. The van der Waals surface area contributed by atoms with E-state index >= 15 is 0 Å². The molecule has 0 saturated carbocycles. The lowest BCUT2D eigenvalue weighted by molar-refractivity contribution is -0.130. The van der Waals surface area contributed by atoms with Gasteiger partial charge in [-0.05, 0) is 45.7 Å². The third-order valence-electron chi connectivity index (χ3n) is 4.32. The van der Waals surface area contributed by atoms with Gasteiger partial charge in [-0.2, -0.15) is 0 Å². The van der Waals surface area contributed by atoms with Gasteiger partial charge in [0.2, 0.25) is 6.10 Å². The zero-order valence-electron chi connectivity index (χ0n) is 15.5. The number of carbonyl (C=O) groups excluding carboxylic acids is 2. The van der Waals surface area contributed by atoms with Gasteiger partial charge in [-0.15, -0.1) is 0 Å². The van der Waals surface area contributed by atoms with Gasteiger partial charge in [0.05, 0.1) is 6.04 Å². The van der Waals surface area contributed by atoms with Crippen LogP contribution in [0.15, 0.2) is 24.3 Å². The lowest BCUT2D eigenvalue weighted by Gasteiger charge is -2.29. The molecule has 2 amide bonds. The van der Waals surface area contributed by atoms with Gasteiger partial charge < -0.3 is 24.4 Å². The van der Waals surface area contributed by atoms with Crippen molar-refractivity contribution in [1.82, 2.24) is 10.2 Å². The molecular formula is C19H26N2O5. The zero-order chi connectivity index (χ0) is 18.7. The number of likely N-dealkylation sites (tertiary alicyclic amines) is 1. The molecular weight excluding hydrogens is 336 g/mol. The second kappa shape index (κ2) is 7.43. The number of para-hydroxylation sites is 2. The highest BCUT2D eigenvalue weighted by molar-refractivity contribution is 5.82. The molecule has 2 unspecified atom stereocenters. The molecule has 2 aliphatic heterocycles. The number of carbonyl (C=O) groups is 2. The summed E-state index contributed by atoms with van der Waals surface area (Å²) in [4.78, 5) is 26.4. The molecule has 2 heterocycles. The zero-order valence-corrected chi connectivity index (χ0v) is 15.5. The van der Waals surface area contributed by atoms with E-state index in [1.807, 2.05) is 32.9 Å². The fourth-order valence-electron chi connectivity index (χ4n) is 3.09. The second-order valence-corrected chi connectivity index (χ2v) is 7.58. The molecule has 1 aromatic carbocycles. The van der Waals surface area contributed by atoms with Gasteiger partial charge in [0, 0.05) is 13.1 Å². The second-order valence-electron chi connectivity index (χ2n) is 7.58. The van der Waals surface area contributed by atoms with Crippen LogP contribution in [-0.2, 0) is 9.53 Å². The van der Waals surface area contributed by atoms with Crippen molar-refractivity contribution in [3.63, 3.8) is 0 Å². The monoisotopic (exact) mass is 362 g/mol. The third kappa shape index (κ3) is 4.39. The Morgan fingerprint density at radius 3 is 2.73 bits per heavy atom. The van der Waals surface area contributed by atoms with Crippen LogP contribution in [0.3, 0.4) is 0 Å². The molecule has 1 N–H and O–H groups in total. The van der Waals surface area contributed by atoms with Crippen LogP contribution in [0.2, 0.25) is 0 Å². The summed E-state index contributed by atoms with van der Waals surface area (Å²) in [6, 6.07) is 7.20. The van der Waals surface area contributed by atoms with Crippen molar-refractivity contribution < 1.29 is 23.8 Å². The molecule has 7 nitrogen and oxygen atoms in total. The molecule has 0 radical (unpaired) electrons. The van der Waals surface area contributed by atoms with Crippen molar-refractivity contribution in [2.24, 2.45) is 0 Å². The van der Waals surface area contributed by atoms with Crippen LogP contribution >= 0.6 is 0 Å². The molecule has 2 atom stereocenters. The summed E-state index contributed by atoms with van der Waals surface area (Å²) in [5.41, 5.74) is -0.534. The SMILES string of the molecule is CC(C)(C)OC(=O)N1CCCC1CNC(=O)C1COc2ccccc2O1. The van der Waals surface area contributed by atoms with Gasteiger partial charge in [0.25, 0.3) is 5.91 Å². The van der Waals surface area contributed by atoms with Gasteiger partial charge in [-0.3, -0.25) is 4.79 Å². The molecule has 2 aliphatic rings. The number of hydrogen-bond donors (Lipinski definition) is 1. The quantitative estimate of drug-likeness (QED) is 0.893. The van der Waals surface area contributed by atoms with Crippen molar-refractivity contribution in [1.29, 1.82) is 0 Å². The topological polar surface area (TPSA) is 77.1 Å². The smallest absolute Gasteiger partial charge is 0.410 e. The first-order valence-electron chi connectivity index (χ1n) is 8.99. The Labute approximate surface area is 153 Å². The summed E-state index contributed by atoms with van der Waals surface area (Å²) in [7, 11) is 0. The Kier molecular flexibility index (Phi) is 5.25. The first-order valence-corrected chi connectivity index (χ1v) is 8.99. The van der Waals surface area contributed by atoms with E-state index < -0.39 is 11.7 Å². The molecule has 3 rings (SSSR count). The fourth-order valence-corrected chi connectivity index (χ4v) is 3.09. The van der Waals surface area contributed by atoms with Crippen LogP contribution < -0.4 is 14.8 Å². The van der Waals surface area contributed by atoms with Crippen molar-refractivity contribution in [2.45, 2.75) is 51.4 Å². The summed E-state index contributed by atoms with van der Waals surface area (Å²) < 4.78 is 16.7. The summed E-state index contributed by atoms with van der Waals surface area (Å²) in [5, 5.41) is 2.88. The van der Waals surface area contributed by atoms with Crippen molar-refractivity contribution in [2.75, 3.05) is 19.7 Å². The predicted octanol–water partition coefficient (Wildman–Crippen LogP) is 2.34. The number of ether oxygens (including phenoxy) is 3. The number of amides is 2. The Bertz CT molecular complexity index is 670. The predicted molar refractivity (Wildman–Crippen MR) is 95.3 cm³/mol. The van der Waals surface area contributed by atoms with Crippen molar-refractivity contribution >= 4 is 12.0 Å². The normalized spacial score (nSPS) is 22.0. The first-order chi connectivity index (χ1) is 12.3. The van der Waals surface area contributed by atoms with Gasteiger partial charge in [-0.1, -0.05) is 12.1 Å². The van der Waals surface area contributed by atoms with Gasteiger partial charge in [-0.25, -0.2) is 4.79 Å². The van der Waals surface area contributed by atoms with E-state index in [0.29, 0.717) is 24.6 Å². The Hall–Kier alpha value is -2.44. The standard InChI is InChI=1S/C19H26N2O5/c1-19(2,3)26-18(23)21-10-6-7-13(21)11-20-17(22)16-12-24-14-8-4-5-9-15(14)25-16/h4-5,8-9,13,16H,6-7,10-12H2,1-3H3,(H,20,22). The van der Waals surface area contributed by atoms with E-state index in [1.165, 1.54) is 0 Å². The van der Waals surface area contributed by atoms with Crippen LogP contribution in [0, 0.1) is 0 Å². The Morgan fingerprint density at radius 1 is 1.27 bits per heavy atom. The van der Waals surface area contributed by atoms with Crippen LogP contribution in [-0.4, -0.2) is 54.3 Å². The van der Waals surface area contributed by atoms with Crippen molar-refractivity contribution in [3.8, 4) is 11.5 Å². The van der Waals surface area contributed by atoms with Crippen LogP contribution in [0.25, 0.3) is 0 Å². The third-order valence-corrected chi connectivity index (χ3v) is 4.32. The van der Waals surface area contributed by atoms with E-state index in [9.17, 15) is 9.59 Å². The minimum absolute atomic E-state index is 0.0643. The maximum absolute atomic E-state index is 12.4. The summed E-state index contributed by atoms with van der Waals surface area (Å²) in [5.74, 6) is 0.967. The van der Waals surface area contributed by atoms with Gasteiger partial charge in [0.1, 0.15) is 12.2 Å². The van der Waals surface area contributed by atoms with Crippen molar-refractivity contribution in [3.05, 3.63) is 24.3 Å². The Morgan fingerprint density at radius 2 is 2.00 bits per heavy atom. The number of rotatable bonds is 3. The molecule has 1 aromatic rings. The van der Waals surface area contributed by atoms with Crippen LogP contribution in [0.1, 0.15) is 33.6 Å². The minimum Gasteiger partial charge on any atom is -0.485 e. The molecule has 0 bridgehead atoms. The average Bonchev–Trinajstić information content (AvgIpc) is 3.06.